The van der Waals surface area contributed by atoms with Crippen LogP contribution < -0.4 is 28.3 Å². The van der Waals surface area contributed by atoms with Gasteiger partial charge in [-0.05, 0) is 65.8 Å². The minimum Gasteiger partial charge on any atom is -0.462 e. The third-order valence-electron chi connectivity index (χ3n) is 6.81. The average Bonchev–Trinajstić information content (AvgIpc) is 3.18. The summed E-state index contributed by atoms with van der Waals surface area (Å²) in [5.74, 6) is -29.3. The molecule has 0 radical (unpaired) electrons. The van der Waals surface area contributed by atoms with Gasteiger partial charge in [-0.2, -0.15) is 27.7 Å². The van der Waals surface area contributed by atoms with E-state index < -0.39 is 121 Å². The lowest BCUT2D eigenvalue weighted by Crippen LogP contribution is -2.37. The lowest BCUT2D eigenvalue weighted by Gasteiger charge is -2.24. The molecule has 4 rings (SSSR count). The van der Waals surface area contributed by atoms with E-state index in [2.05, 4.69) is 19.2 Å². The molecule has 0 saturated carbocycles. The molecule has 24 heteroatoms. The summed E-state index contributed by atoms with van der Waals surface area (Å²) in [4.78, 5) is 24.0. The second-order valence-corrected chi connectivity index (χ2v) is 15.7. The van der Waals surface area contributed by atoms with Crippen molar-refractivity contribution >= 4 is 27.4 Å². The van der Waals surface area contributed by atoms with E-state index in [9.17, 15) is 62.6 Å². The minimum atomic E-state index is -4.91. The van der Waals surface area contributed by atoms with Gasteiger partial charge in [-0.25, -0.2) is 35.5 Å². The van der Waals surface area contributed by atoms with Crippen molar-refractivity contribution in [3.8, 4) is 23.0 Å². The summed E-state index contributed by atoms with van der Waals surface area (Å²) in [6.07, 6.45) is -1.10. The highest BCUT2D eigenvalue weighted by Gasteiger charge is 2.40. The van der Waals surface area contributed by atoms with Crippen LogP contribution in [0.25, 0.3) is 0 Å². The minimum absolute atomic E-state index is 0.137. The summed E-state index contributed by atoms with van der Waals surface area (Å²) in [6.45, 7) is 8.50. The monoisotopic (exact) mass is 906 g/mol. The van der Waals surface area contributed by atoms with E-state index in [-0.39, 0.29) is 11.5 Å². The van der Waals surface area contributed by atoms with Crippen molar-refractivity contribution in [1.29, 1.82) is 0 Å². The molecule has 0 aliphatic carbocycles. The lowest BCUT2D eigenvalue weighted by atomic mass is 10.3. The van der Waals surface area contributed by atoms with Crippen molar-refractivity contribution in [3.63, 3.8) is 0 Å². The van der Waals surface area contributed by atoms with Gasteiger partial charge >= 0.3 is 27.4 Å². The highest BCUT2D eigenvalue weighted by Crippen LogP contribution is 2.49. The van der Waals surface area contributed by atoms with Crippen LogP contribution in [0, 0.1) is 58.2 Å². The van der Waals surface area contributed by atoms with Crippen LogP contribution in [0.2, 0.25) is 0 Å². The number of rotatable bonds is 16. The van der Waals surface area contributed by atoms with E-state index in [1.807, 2.05) is 0 Å². The molecule has 328 valence electrons. The Labute approximate surface area is 335 Å². The predicted octanol–water partition coefficient (Wildman–Crippen LogP) is 9.76. The fourth-order valence-electron chi connectivity index (χ4n) is 4.20. The number of hydrogen-bond acceptors (Lipinski definition) is 10. The lowest BCUT2D eigenvalue weighted by molar-refractivity contribution is -0.149. The Morgan fingerprint density at radius 2 is 0.683 bits per heavy atom. The van der Waals surface area contributed by atoms with Crippen LogP contribution in [-0.4, -0.2) is 36.2 Å². The summed E-state index contributed by atoms with van der Waals surface area (Å²) in [5.41, 5.74) is 0. The zero-order valence-electron chi connectivity index (χ0n) is 31.8. The van der Waals surface area contributed by atoms with Crippen molar-refractivity contribution in [2.24, 2.45) is 0 Å². The fourth-order valence-corrected chi connectivity index (χ4v) is 7.25. The van der Waals surface area contributed by atoms with Gasteiger partial charge in [0, 0.05) is 0 Å². The maximum Gasteiger partial charge on any atom is 0.513 e. The van der Waals surface area contributed by atoms with Crippen molar-refractivity contribution < 1.29 is 90.2 Å². The number of carbonyl (C=O) groups is 2. The third kappa shape index (κ3) is 12.8. The van der Waals surface area contributed by atoms with Gasteiger partial charge in [0.15, 0.2) is 0 Å². The molecule has 0 aromatic heterocycles. The molecule has 0 unspecified atom stereocenters. The van der Waals surface area contributed by atoms with Gasteiger partial charge < -0.3 is 27.6 Å². The average molecular weight is 907 g/mol. The molecular weight excluding hydrogens is 872 g/mol. The van der Waals surface area contributed by atoms with Crippen molar-refractivity contribution in [2.45, 2.75) is 65.8 Å². The molecular formula is C36H34F10N2O10P2. The molecule has 12 nitrogen and oxygen atoms in total. The summed E-state index contributed by atoms with van der Waals surface area (Å²) in [7, 11) is -9.82. The van der Waals surface area contributed by atoms with E-state index in [1.165, 1.54) is 90.1 Å². The summed E-state index contributed by atoms with van der Waals surface area (Å²) in [5, 5.41) is 4.14. The van der Waals surface area contributed by atoms with E-state index in [1.54, 1.807) is 12.1 Å². The van der Waals surface area contributed by atoms with Gasteiger partial charge in [0.1, 0.15) is 23.6 Å². The quantitative estimate of drug-likeness (QED) is 0.0363. The van der Waals surface area contributed by atoms with Crippen LogP contribution in [0.5, 0.6) is 23.0 Å². The zero-order chi connectivity index (χ0) is 45.3. The number of halogens is 10. The number of nitrogens with one attached hydrogen (secondary N) is 2. The second-order valence-electron chi connectivity index (χ2n) is 12.5. The zero-order valence-corrected chi connectivity index (χ0v) is 33.6. The normalized spacial score (nSPS) is 14.2. The maximum absolute atomic E-state index is 14.0. The molecule has 4 aromatic carbocycles. The standard InChI is InChI=1S/2C18H17F5NO5P/c2*1-9(2)27-18(25)10(3)24-30(26,28-11-7-5-4-6-8-11)29-17-15(22)13(20)12(19)14(21)16(17)23/h2*4-10H,1-3H3,(H,24,26)/t2*10-,30-/m00/s1. The number of hydrogen-bond donors (Lipinski definition) is 2. The molecule has 4 aromatic rings. The predicted molar refractivity (Wildman–Crippen MR) is 191 cm³/mol. The van der Waals surface area contributed by atoms with Crippen LogP contribution >= 0.6 is 15.5 Å². The first-order chi connectivity index (χ1) is 27.9. The molecule has 0 saturated heterocycles. The van der Waals surface area contributed by atoms with Crippen molar-refractivity contribution in [3.05, 3.63) is 119 Å². The van der Waals surface area contributed by atoms with Crippen molar-refractivity contribution in [2.75, 3.05) is 0 Å². The van der Waals surface area contributed by atoms with E-state index >= 15 is 0 Å². The maximum atomic E-state index is 14.0. The highest BCUT2D eigenvalue weighted by atomic mass is 31.2. The molecule has 0 aliphatic heterocycles. The smallest absolute Gasteiger partial charge is 0.462 e. The Morgan fingerprint density at radius 3 is 0.933 bits per heavy atom. The van der Waals surface area contributed by atoms with Crippen LogP contribution in [0.1, 0.15) is 41.5 Å². The number of carbonyl (C=O) groups excluding carboxylic acids is 2. The summed E-state index contributed by atoms with van der Waals surface area (Å²) < 4.78 is 192. The fraction of sp³-hybridized carbons (Fsp3) is 0.278. The number of ether oxygens (including phenoxy) is 2. The number of esters is 2. The topological polar surface area (TPSA) is 148 Å². The van der Waals surface area contributed by atoms with Gasteiger partial charge in [-0.15, -0.1) is 0 Å². The molecule has 0 spiro atoms. The first-order valence-corrected chi connectivity index (χ1v) is 20.1. The number of benzene rings is 4. The number of para-hydroxylation sites is 2. The van der Waals surface area contributed by atoms with Gasteiger partial charge in [-0.1, -0.05) is 36.4 Å². The Balaban J connectivity index is 0.000000320. The molecule has 0 heterocycles. The van der Waals surface area contributed by atoms with E-state index in [4.69, 9.17) is 18.5 Å². The highest BCUT2D eigenvalue weighted by molar-refractivity contribution is 7.52. The summed E-state index contributed by atoms with van der Waals surface area (Å²) in [6, 6.07) is 11.3. The third-order valence-corrected chi connectivity index (χ3v) is 9.97. The first kappa shape index (κ1) is 49.1. The van der Waals surface area contributed by atoms with Crippen LogP contribution in [0.3, 0.4) is 0 Å². The Morgan fingerprint density at radius 1 is 0.433 bits per heavy atom. The summed E-state index contributed by atoms with van der Waals surface area (Å²) >= 11 is 0. The molecule has 60 heavy (non-hydrogen) atoms. The van der Waals surface area contributed by atoms with E-state index in [0.717, 1.165) is 0 Å². The SMILES string of the molecule is CC(C)OC(=O)[C@H](C)N[P@](=O)(Oc1ccccc1)Oc1c(F)c(F)c(F)c(F)c1F.CC(C)OC(=O)[C@H](C)N[P@](=O)(Oc1ccccc1)Oc1c(F)c(F)c(F)c(F)c1F. The van der Waals surface area contributed by atoms with Crippen LogP contribution in [-0.2, 0) is 28.2 Å². The largest absolute Gasteiger partial charge is 0.513 e. The molecule has 0 aliphatic rings. The molecule has 2 N–H and O–H groups in total. The Hall–Kier alpha value is -5.30. The first-order valence-electron chi connectivity index (χ1n) is 17.0. The van der Waals surface area contributed by atoms with Crippen molar-refractivity contribution in [1.82, 2.24) is 10.2 Å². The molecule has 0 bridgehead atoms. The Bertz CT molecular complexity index is 2050. The van der Waals surface area contributed by atoms with Gasteiger partial charge in [-0.3, -0.25) is 9.59 Å². The van der Waals surface area contributed by atoms with Gasteiger partial charge in [0.05, 0.1) is 12.2 Å². The van der Waals surface area contributed by atoms with Crippen LogP contribution in [0.15, 0.2) is 60.7 Å². The molecule has 0 amide bonds. The van der Waals surface area contributed by atoms with Gasteiger partial charge in [0.25, 0.3) is 0 Å². The molecule has 4 atom stereocenters. The van der Waals surface area contributed by atoms with Crippen LogP contribution in [0.4, 0.5) is 43.9 Å². The van der Waals surface area contributed by atoms with Gasteiger partial charge in [0.2, 0.25) is 69.7 Å². The molecule has 0 fully saturated rings. The Kier molecular flexibility index (Phi) is 17.0. The van der Waals surface area contributed by atoms with E-state index in [0.29, 0.717) is 0 Å². The second kappa shape index (κ2) is 20.8.